The lowest BCUT2D eigenvalue weighted by Crippen LogP contribution is -2.32. The van der Waals surface area contributed by atoms with Crippen molar-refractivity contribution in [3.63, 3.8) is 0 Å². The molecule has 0 aromatic carbocycles. The van der Waals surface area contributed by atoms with Crippen LogP contribution in [0.25, 0.3) is 0 Å². The summed E-state index contributed by atoms with van der Waals surface area (Å²) in [6.07, 6.45) is -0.728. The second-order valence-corrected chi connectivity index (χ2v) is 10.4. The highest BCUT2D eigenvalue weighted by Crippen LogP contribution is 2.54. The van der Waals surface area contributed by atoms with Gasteiger partial charge in [-0.25, -0.2) is 4.57 Å². The van der Waals surface area contributed by atoms with Crippen LogP contribution in [0.1, 0.15) is 33.6 Å². The van der Waals surface area contributed by atoms with Gasteiger partial charge in [0.25, 0.3) is 0 Å². The van der Waals surface area contributed by atoms with Gasteiger partial charge >= 0.3 is 15.4 Å². The molecule has 1 saturated carbocycles. The second-order valence-electron chi connectivity index (χ2n) is 6.93. The fourth-order valence-corrected chi connectivity index (χ4v) is 4.98. The maximum absolute atomic E-state index is 12.2. The average molecular weight is 384 g/mol. The van der Waals surface area contributed by atoms with Gasteiger partial charge in [0.2, 0.25) is 0 Å². The Hall–Kier alpha value is 0.285. The van der Waals surface area contributed by atoms with Gasteiger partial charge in [-0.1, -0.05) is 6.42 Å². The summed E-state index contributed by atoms with van der Waals surface area (Å²) in [5.41, 5.74) is -0.864. The maximum Gasteiger partial charge on any atom is 0.473 e. The van der Waals surface area contributed by atoms with Gasteiger partial charge in [0.15, 0.2) is 0 Å². The molecule has 0 amide bonds. The SMILES string of the molecule is [B][C@@H]1C[C@H](CCP(=O)(O)OC)[C@@H](OC)[C@H]1OP(=O)(O)OC(C)(C)C. The van der Waals surface area contributed by atoms with E-state index in [-0.39, 0.29) is 12.1 Å². The van der Waals surface area contributed by atoms with E-state index >= 15 is 0 Å². The fourth-order valence-electron chi connectivity index (χ4n) is 2.82. The van der Waals surface area contributed by atoms with Crippen molar-refractivity contribution in [2.24, 2.45) is 5.92 Å². The fraction of sp³-hybridized carbons (Fsp3) is 1.00. The van der Waals surface area contributed by atoms with Crippen molar-refractivity contribution in [3.8, 4) is 0 Å². The first-order chi connectivity index (χ1) is 10.8. The molecular weight excluding hydrogens is 357 g/mol. The molecule has 2 radical (unpaired) electrons. The molecule has 1 fully saturated rings. The molecule has 0 aromatic heterocycles. The van der Waals surface area contributed by atoms with E-state index in [1.807, 2.05) is 0 Å². The molecule has 0 bridgehead atoms. The van der Waals surface area contributed by atoms with Crippen molar-refractivity contribution in [1.29, 1.82) is 0 Å². The molecule has 0 aromatic rings. The quantitative estimate of drug-likeness (QED) is 0.485. The van der Waals surface area contributed by atoms with Crippen molar-refractivity contribution in [2.75, 3.05) is 20.4 Å². The summed E-state index contributed by atoms with van der Waals surface area (Å²) in [5.74, 6) is -0.745. The molecule has 0 saturated heterocycles. The van der Waals surface area contributed by atoms with Crippen molar-refractivity contribution in [3.05, 3.63) is 0 Å². The van der Waals surface area contributed by atoms with Gasteiger partial charge in [-0.2, -0.15) is 0 Å². The first kappa shape index (κ1) is 22.3. The highest BCUT2D eigenvalue weighted by atomic mass is 31.2. The molecule has 1 aliphatic carbocycles. The van der Waals surface area contributed by atoms with Gasteiger partial charge in [0, 0.05) is 14.2 Å². The number of ether oxygens (including phenoxy) is 1. The molecule has 1 rings (SSSR count). The zero-order valence-corrected chi connectivity index (χ0v) is 16.5. The standard InChI is InChI=1S/C13H27BO8P2/c1-13(2,3)22-24(17,18)21-12-10(14)8-9(11(12)19-4)6-7-23(15,16)20-5/h9-12H,6-8H2,1-5H3,(H,15,16)(H,17,18)/t9-,10+,11+,12-/m0/s1. The Morgan fingerprint density at radius 1 is 1.17 bits per heavy atom. The van der Waals surface area contributed by atoms with Gasteiger partial charge in [-0.15, -0.1) is 0 Å². The van der Waals surface area contributed by atoms with E-state index in [1.54, 1.807) is 20.8 Å². The Morgan fingerprint density at radius 2 is 1.75 bits per heavy atom. The lowest BCUT2D eigenvalue weighted by molar-refractivity contribution is -0.0280. The minimum Gasteiger partial charge on any atom is -0.378 e. The highest BCUT2D eigenvalue weighted by molar-refractivity contribution is 7.52. The van der Waals surface area contributed by atoms with Crippen LogP contribution in [0.5, 0.6) is 0 Å². The molecule has 2 N–H and O–H groups in total. The third-order valence-electron chi connectivity index (χ3n) is 3.77. The van der Waals surface area contributed by atoms with Crippen molar-refractivity contribution in [1.82, 2.24) is 0 Å². The topological polar surface area (TPSA) is 112 Å². The number of phosphoric acid groups is 1. The third-order valence-corrected chi connectivity index (χ3v) is 6.45. The number of phosphoric ester groups is 1. The summed E-state index contributed by atoms with van der Waals surface area (Å²) in [4.78, 5) is 19.4. The van der Waals surface area contributed by atoms with Gasteiger partial charge in [-0.05, 0) is 38.9 Å². The first-order valence-corrected chi connectivity index (χ1v) is 10.9. The summed E-state index contributed by atoms with van der Waals surface area (Å²) >= 11 is 0. The average Bonchev–Trinajstić information content (AvgIpc) is 2.69. The lowest BCUT2D eigenvalue weighted by Gasteiger charge is -2.29. The van der Waals surface area contributed by atoms with Gasteiger partial charge < -0.3 is 19.0 Å². The molecule has 0 spiro atoms. The third kappa shape index (κ3) is 6.89. The van der Waals surface area contributed by atoms with Crippen LogP contribution in [-0.4, -0.2) is 55.8 Å². The molecule has 8 nitrogen and oxygen atoms in total. The van der Waals surface area contributed by atoms with Gasteiger partial charge in [-0.3, -0.25) is 13.6 Å². The van der Waals surface area contributed by atoms with Crippen LogP contribution in [0.3, 0.4) is 0 Å². The molecule has 1 aliphatic rings. The van der Waals surface area contributed by atoms with Gasteiger partial charge in [0.05, 0.1) is 31.8 Å². The van der Waals surface area contributed by atoms with Crippen molar-refractivity contribution < 1.29 is 37.2 Å². The molecule has 24 heavy (non-hydrogen) atoms. The number of rotatable bonds is 8. The summed E-state index contributed by atoms with van der Waals surface area (Å²) in [5, 5.41) is 0. The molecule has 0 aliphatic heterocycles. The zero-order chi connectivity index (χ0) is 18.8. The molecule has 2 unspecified atom stereocenters. The van der Waals surface area contributed by atoms with E-state index in [1.165, 1.54) is 14.2 Å². The minimum absolute atomic E-state index is 0.0528. The maximum atomic E-state index is 12.2. The van der Waals surface area contributed by atoms with E-state index in [2.05, 4.69) is 4.52 Å². The van der Waals surface area contributed by atoms with Crippen LogP contribution in [-0.2, 0) is 27.4 Å². The predicted octanol–water partition coefficient (Wildman–Crippen LogP) is 2.50. The molecule has 11 heteroatoms. The minimum atomic E-state index is -4.32. The number of hydrogen-bond acceptors (Lipinski definition) is 6. The summed E-state index contributed by atoms with van der Waals surface area (Å²) in [6, 6.07) is 0. The van der Waals surface area contributed by atoms with Crippen LogP contribution >= 0.6 is 15.4 Å². The first-order valence-electron chi connectivity index (χ1n) is 7.68. The monoisotopic (exact) mass is 384 g/mol. The van der Waals surface area contributed by atoms with Gasteiger partial charge in [0.1, 0.15) is 0 Å². The van der Waals surface area contributed by atoms with Crippen molar-refractivity contribution >= 4 is 23.3 Å². The number of methoxy groups -OCH3 is 1. The van der Waals surface area contributed by atoms with E-state index in [0.717, 1.165) is 0 Å². The highest BCUT2D eigenvalue weighted by Gasteiger charge is 2.46. The zero-order valence-electron chi connectivity index (χ0n) is 14.7. The summed E-state index contributed by atoms with van der Waals surface area (Å²) < 4.78 is 44.0. The number of hydrogen-bond donors (Lipinski definition) is 2. The summed E-state index contributed by atoms with van der Waals surface area (Å²) in [6.45, 7) is 4.90. The predicted molar refractivity (Wildman–Crippen MR) is 90.3 cm³/mol. The van der Waals surface area contributed by atoms with Crippen LogP contribution in [0.15, 0.2) is 0 Å². The van der Waals surface area contributed by atoms with E-state index in [9.17, 15) is 18.9 Å². The molecule has 6 atom stereocenters. The Labute approximate surface area is 144 Å². The Balaban J connectivity index is 2.78. The van der Waals surface area contributed by atoms with Crippen LogP contribution in [0.2, 0.25) is 5.82 Å². The Bertz CT molecular complexity index is 509. The Kier molecular flexibility index (Phi) is 7.74. The molecule has 140 valence electrons. The van der Waals surface area contributed by atoms with E-state index in [0.29, 0.717) is 12.8 Å². The Morgan fingerprint density at radius 3 is 2.21 bits per heavy atom. The van der Waals surface area contributed by atoms with E-state index < -0.39 is 39.0 Å². The van der Waals surface area contributed by atoms with E-state index in [4.69, 9.17) is 21.6 Å². The van der Waals surface area contributed by atoms with Crippen LogP contribution < -0.4 is 0 Å². The molecule has 0 heterocycles. The lowest BCUT2D eigenvalue weighted by atomic mass is 9.83. The summed E-state index contributed by atoms with van der Waals surface area (Å²) in [7, 11) is 0.673. The smallest absolute Gasteiger partial charge is 0.378 e. The normalized spacial score (nSPS) is 33.1. The van der Waals surface area contributed by atoms with Crippen LogP contribution in [0.4, 0.5) is 0 Å². The second kappa shape index (κ2) is 8.32. The largest absolute Gasteiger partial charge is 0.473 e. The van der Waals surface area contributed by atoms with Crippen LogP contribution in [0, 0.1) is 5.92 Å². The molecular formula is C13H27BO8P2. The van der Waals surface area contributed by atoms with Crippen molar-refractivity contribution in [2.45, 2.75) is 57.2 Å².